The van der Waals surface area contributed by atoms with Crippen LogP contribution in [0.2, 0.25) is 0 Å². The summed E-state index contributed by atoms with van der Waals surface area (Å²) in [7, 11) is 4.90. The molecule has 0 radical (unpaired) electrons. The molecule has 1 aliphatic rings. The summed E-state index contributed by atoms with van der Waals surface area (Å²) in [5.41, 5.74) is 0.709. The van der Waals surface area contributed by atoms with E-state index in [9.17, 15) is 4.79 Å². The molecule has 0 aliphatic carbocycles. The monoisotopic (exact) mass is 517 g/mol. The van der Waals surface area contributed by atoms with E-state index >= 15 is 0 Å². The van der Waals surface area contributed by atoms with E-state index in [1.165, 1.54) is 23.1 Å². The number of amides is 1. The van der Waals surface area contributed by atoms with Crippen LogP contribution in [0, 0.1) is 0 Å². The number of fused-ring (bicyclic) bond motifs is 1. The maximum absolute atomic E-state index is 13.5. The number of thiazole rings is 1. The molecule has 1 aliphatic heterocycles. The van der Waals surface area contributed by atoms with Gasteiger partial charge in [-0.25, -0.2) is 4.98 Å². The zero-order chi connectivity index (χ0) is 24.6. The number of nitrogens with zero attached hydrogens (tertiary/aromatic N) is 3. The molecule has 0 bridgehead atoms. The number of carbonyl (C=O) groups excluding carboxylic acids is 1. The van der Waals surface area contributed by atoms with Crippen LogP contribution in [0.15, 0.2) is 41.3 Å². The minimum absolute atomic E-state index is 0.0183. The molecule has 3 aromatic rings. The lowest BCUT2D eigenvalue weighted by atomic mass is 10.3. The second kappa shape index (κ2) is 12.4. The molecule has 10 heteroatoms. The van der Waals surface area contributed by atoms with E-state index in [1.54, 1.807) is 26.2 Å². The van der Waals surface area contributed by atoms with Gasteiger partial charge in [-0.05, 0) is 42.8 Å². The molecule has 0 unspecified atom stereocenters. The summed E-state index contributed by atoms with van der Waals surface area (Å²) in [6.45, 7) is 4.88. The summed E-state index contributed by atoms with van der Waals surface area (Å²) in [5, 5.41) is 0.658. The first-order valence-electron chi connectivity index (χ1n) is 11.5. The van der Waals surface area contributed by atoms with Crippen LogP contribution < -0.4 is 19.1 Å². The van der Waals surface area contributed by atoms with Crippen LogP contribution in [-0.4, -0.2) is 82.3 Å². The Labute approximate surface area is 214 Å². The van der Waals surface area contributed by atoms with Gasteiger partial charge in [0.2, 0.25) is 5.91 Å². The van der Waals surface area contributed by atoms with E-state index in [0.717, 1.165) is 60.4 Å². The number of morpholine rings is 1. The molecule has 0 N–H and O–H groups in total. The topological polar surface area (TPSA) is 73.4 Å². The Bertz CT molecular complexity index is 1080. The molecule has 0 saturated carbocycles. The number of hydrogen-bond donors (Lipinski definition) is 0. The normalized spacial score (nSPS) is 14.1. The molecule has 188 valence electrons. The zero-order valence-corrected chi connectivity index (χ0v) is 22.0. The van der Waals surface area contributed by atoms with Gasteiger partial charge in [0.15, 0.2) is 5.13 Å². The van der Waals surface area contributed by atoms with Gasteiger partial charge >= 0.3 is 0 Å². The van der Waals surface area contributed by atoms with Crippen LogP contribution in [0.3, 0.4) is 0 Å². The minimum Gasteiger partial charge on any atom is -0.497 e. The van der Waals surface area contributed by atoms with Gasteiger partial charge in [-0.2, -0.15) is 0 Å². The van der Waals surface area contributed by atoms with E-state index in [0.29, 0.717) is 28.7 Å². The Balaban J connectivity index is 1.53. The van der Waals surface area contributed by atoms with Crippen molar-refractivity contribution in [2.75, 3.05) is 71.4 Å². The van der Waals surface area contributed by atoms with Gasteiger partial charge in [-0.1, -0.05) is 11.3 Å². The van der Waals surface area contributed by atoms with Crippen molar-refractivity contribution in [2.45, 2.75) is 11.3 Å². The van der Waals surface area contributed by atoms with Gasteiger partial charge in [0.1, 0.15) is 27.5 Å². The van der Waals surface area contributed by atoms with Crippen molar-refractivity contribution in [2.24, 2.45) is 0 Å². The van der Waals surface area contributed by atoms with Crippen molar-refractivity contribution >= 4 is 44.4 Å². The number of carbonyl (C=O) groups is 1. The van der Waals surface area contributed by atoms with Crippen molar-refractivity contribution in [3.8, 4) is 17.2 Å². The molecule has 0 spiro atoms. The van der Waals surface area contributed by atoms with E-state index in [2.05, 4.69) is 4.90 Å². The third-order valence-electron chi connectivity index (χ3n) is 5.81. The maximum atomic E-state index is 13.5. The van der Waals surface area contributed by atoms with Crippen LogP contribution in [0.25, 0.3) is 10.2 Å². The molecule has 1 aromatic heterocycles. The highest BCUT2D eigenvalue weighted by atomic mass is 32.2. The SMILES string of the molecule is COc1ccc(SCC(=O)N(CCCN2CCOCC2)c2nc3c(OC)ccc(OC)c3s2)cc1. The highest BCUT2D eigenvalue weighted by Crippen LogP contribution is 2.40. The number of anilines is 1. The lowest BCUT2D eigenvalue weighted by molar-refractivity contribution is -0.116. The van der Waals surface area contributed by atoms with Crippen LogP contribution in [0.1, 0.15) is 6.42 Å². The van der Waals surface area contributed by atoms with Gasteiger partial charge in [-0.15, -0.1) is 11.8 Å². The van der Waals surface area contributed by atoms with E-state index in [4.69, 9.17) is 23.9 Å². The molecule has 2 heterocycles. The van der Waals surface area contributed by atoms with Gasteiger partial charge in [0.25, 0.3) is 0 Å². The quantitative estimate of drug-likeness (QED) is 0.351. The number of methoxy groups -OCH3 is 3. The molecule has 2 aromatic carbocycles. The van der Waals surface area contributed by atoms with Crippen molar-refractivity contribution in [1.29, 1.82) is 0 Å². The van der Waals surface area contributed by atoms with Gasteiger partial charge in [-0.3, -0.25) is 14.6 Å². The predicted molar refractivity (Wildman–Crippen MR) is 141 cm³/mol. The smallest absolute Gasteiger partial charge is 0.239 e. The fourth-order valence-electron chi connectivity index (χ4n) is 3.89. The molecule has 1 fully saturated rings. The van der Waals surface area contributed by atoms with Gasteiger partial charge in [0.05, 0.1) is 40.3 Å². The van der Waals surface area contributed by atoms with Gasteiger partial charge in [0, 0.05) is 31.1 Å². The van der Waals surface area contributed by atoms with E-state index in [1.807, 2.05) is 36.4 Å². The first kappa shape index (κ1) is 25.6. The van der Waals surface area contributed by atoms with Crippen LogP contribution in [0.4, 0.5) is 5.13 Å². The zero-order valence-electron chi connectivity index (χ0n) is 20.3. The number of benzene rings is 2. The fraction of sp³-hybridized carbons (Fsp3) is 0.440. The van der Waals surface area contributed by atoms with Crippen molar-refractivity contribution in [3.05, 3.63) is 36.4 Å². The number of rotatable bonds is 11. The summed E-state index contributed by atoms with van der Waals surface area (Å²) in [6.07, 6.45) is 0.850. The molecule has 1 saturated heterocycles. The summed E-state index contributed by atoms with van der Waals surface area (Å²) in [4.78, 5) is 23.5. The second-order valence-corrected chi connectivity index (χ2v) is 9.99. The highest BCUT2D eigenvalue weighted by molar-refractivity contribution is 8.00. The van der Waals surface area contributed by atoms with Crippen molar-refractivity contribution in [3.63, 3.8) is 0 Å². The van der Waals surface area contributed by atoms with Gasteiger partial charge < -0.3 is 18.9 Å². The Morgan fingerprint density at radius 3 is 2.46 bits per heavy atom. The minimum atomic E-state index is 0.0183. The Morgan fingerprint density at radius 1 is 1.06 bits per heavy atom. The van der Waals surface area contributed by atoms with Crippen molar-refractivity contribution in [1.82, 2.24) is 9.88 Å². The Morgan fingerprint density at radius 2 is 1.77 bits per heavy atom. The number of ether oxygens (including phenoxy) is 4. The lowest BCUT2D eigenvalue weighted by Gasteiger charge is -2.27. The summed E-state index contributed by atoms with van der Waals surface area (Å²) in [6, 6.07) is 11.4. The summed E-state index contributed by atoms with van der Waals surface area (Å²) >= 11 is 2.96. The molecule has 0 atom stereocenters. The van der Waals surface area contributed by atoms with Crippen molar-refractivity contribution < 1.29 is 23.7 Å². The first-order chi connectivity index (χ1) is 17.1. The Kier molecular flexibility index (Phi) is 9.08. The standard InChI is InChI=1S/C25H31N3O5S2/c1-30-18-5-7-19(8-6-18)34-17-22(29)28(12-4-11-27-13-15-33-16-14-27)25-26-23-20(31-2)9-10-21(32-3)24(23)35-25/h5-10H,4,11-17H2,1-3H3. The molecular formula is C25H31N3O5S2. The molecule has 1 amide bonds. The molecular weight excluding hydrogens is 486 g/mol. The number of thioether (sulfide) groups is 1. The highest BCUT2D eigenvalue weighted by Gasteiger charge is 2.23. The summed E-state index contributed by atoms with van der Waals surface area (Å²) in [5.74, 6) is 2.51. The largest absolute Gasteiger partial charge is 0.497 e. The third-order valence-corrected chi connectivity index (χ3v) is 7.90. The number of hydrogen-bond acceptors (Lipinski definition) is 9. The predicted octanol–water partition coefficient (Wildman–Crippen LogP) is 4.17. The van der Waals surface area contributed by atoms with E-state index < -0.39 is 0 Å². The first-order valence-corrected chi connectivity index (χ1v) is 13.3. The van der Waals surface area contributed by atoms with Crippen LogP contribution >= 0.6 is 23.1 Å². The second-order valence-electron chi connectivity index (χ2n) is 7.96. The average molecular weight is 518 g/mol. The summed E-state index contributed by atoms with van der Waals surface area (Å²) < 4.78 is 22.6. The molecule has 35 heavy (non-hydrogen) atoms. The molecule has 8 nitrogen and oxygen atoms in total. The van der Waals surface area contributed by atoms with Crippen LogP contribution in [-0.2, 0) is 9.53 Å². The third kappa shape index (κ3) is 6.38. The number of aromatic nitrogens is 1. The van der Waals surface area contributed by atoms with E-state index in [-0.39, 0.29) is 5.91 Å². The molecule has 4 rings (SSSR count). The van der Waals surface area contributed by atoms with Crippen LogP contribution in [0.5, 0.6) is 17.2 Å². The average Bonchev–Trinajstić information content (AvgIpc) is 3.35. The Hall–Kier alpha value is -2.53. The fourth-order valence-corrected chi connectivity index (χ4v) is 5.78. The lowest BCUT2D eigenvalue weighted by Crippen LogP contribution is -2.39. The maximum Gasteiger partial charge on any atom is 0.239 e.